The Morgan fingerprint density at radius 2 is 0.380 bits per heavy atom. The molecule has 0 N–H and O–H groups in total. The van der Waals surface area contributed by atoms with E-state index in [9.17, 15) is 0 Å². The maximum absolute atomic E-state index is 6.72. The lowest BCUT2D eigenvalue weighted by Crippen LogP contribution is -2.29. The molecule has 150 heavy (non-hydrogen) atoms. The van der Waals surface area contributed by atoms with Crippen molar-refractivity contribution >= 4 is 0 Å². The summed E-state index contributed by atoms with van der Waals surface area (Å²) in [5.41, 5.74) is 38.7. The van der Waals surface area contributed by atoms with Crippen LogP contribution in [0.4, 0.5) is 0 Å². The summed E-state index contributed by atoms with van der Waals surface area (Å²) < 4.78 is 15.9. The number of nitrogens with zero attached hydrogens (tertiary/aromatic N) is 1. The number of rotatable bonds is 38. The van der Waals surface area contributed by atoms with E-state index in [1.807, 2.05) is 0 Å². The van der Waals surface area contributed by atoms with Crippen molar-refractivity contribution in [2.24, 2.45) is 0 Å². The third kappa shape index (κ3) is 23.7. The fraction of sp³-hybridized carbons (Fsp3) is 0.361. The lowest BCUT2D eigenvalue weighted by molar-refractivity contribution is 0.303. The molecule has 6 saturated carbocycles. The molecule has 0 atom stereocenters. The molecule has 0 amide bonds. The third-order valence-corrected chi connectivity index (χ3v) is 36.6. The first-order chi connectivity index (χ1) is 74.1. The summed E-state index contributed by atoms with van der Waals surface area (Å²) in [6.07, 6.45) is 50.5. The predicted octanol–water partition coefficient (Wildman–Crippen LogP) is 42.0. The highest BCUT2D eigenvalue weighted by molar-refractivity contribution is 5.77. The van der Waals surface area contributed by atoms with E-state index in [0.29, 0.717) is 54.6 Å². The molecule has 6 fully saturated rings. The monoisotopic (exact) mass is 1970 g/mol. The molecule has 0 spiro atoms. The summed E-state index contributed by atoms with van der Waals surface area (Å²) >= 11 is 0. The Morgan fingerprint density at radius 3 is 0.580 bits per heavy atom. The molecular weight excluding hydrogens is 1810 g/mol. The number of aromatic nitrogens is 1. The fourth-order valence-electron chi connectivity index (χ4n) is 27.5. The van der Waals surface area contributed by atoms with Gasteiger partial charge < -0.3 is 14.0 Å². The van der Waals surface area contributed by atoms with Gasteiger partial charge in [-0.1, -0.05) is 471 Å². The van der Waals surface area contributed by atoms with Gasteiger partial charge in [-0.25, -0.2) is 0 Å². The Kier molecular flexibility index (Phi) is 33.3. The van der Waals surface area contributed by atoms with Gasteiger partial charge in [0, 0.05) is 16.5 Å². The molecular formula is C147H159NO2. The number of ether oxygens (including phenoxy) is 2. The van der Waals surface area contributed by atoms with E-state index >= 15 is 0 Å². The molecule has 3 nitrogen and oxygen atoms in total. The number of benzene rings is 15. The van der Waals surface area contributed by atoms with E-state index < -0.39 is 10.8 Å². The van der Waals surface area contributed by atoms with Crippen molar-refractivity contribution in [1.29, 1.82) is 0 Å². The highest BCUT2D eigenvalue weighted by atomic mass is 16.5. The average molecular weight is 1970 g/mol. The minimum Gasteiger partial charge on any atom is -0.494 e. The van der Waals surface area contributed by atoms with Crippen LogP contribution in [0, 0.1) is 0 Å². The van der Waals surface area contributed by atoms with E-state index in [1.165, 1.54) is 332 Å². The van der Waals surface area contributed by atoms with Crippen molar-refractivity contribution in [1.82, 2.24) is 4.57 Å². The van der Waals surface area contributed by atoms with E-state index in [0.717, 1.165) is 104 Å². The zero-order chi connectivity index (χ0) is 101. The third-order valence-electron chi connectivity index (χ3n) is 36.6. The van der Waals surface area contributed by atoms with Gasteiger partial charge in [-0.05, 0) is 367 Å². The predicted molar refractivity (Wildman–Crippen MR) is 634 cm³/mol. The van der Waals surface area contributed by atoms with Gasteiger partial charge in [0.2, 0.25) is 0 Å². The lowest BCUT2D eigenvalue weighted by Gasteiger charge is -2.37. The summed E-state index contributed by atoms with van der Waals surface area (Å²) in [5, 5.41) is 0. The zero-order valence-electron chi connectivity index (χ0n) is 89.8. The van der Waals surface area contributed by atoms with Gasteiger partial charge in [0.1, 0.15) is 11.5 Å². The van der Waals surface area contributed by atoms with E-state index in [4.69, 9.17) is 9.47 Å². The molecule has 0 unspecified atom stereocenters. The maximum Gasteiger partial charge on any atom is 0.119 e. The van der Waals surface area contributed by atoms with Crippen LogP contribution < -0.4 is 9.47 Å². The summed E-state index contributed by atoms with van der Waals surface area (Å²) in [5.74, 6) is 6.35. The van der Waals surface area contributed by atoms with Crippen molar-refractivity contribution in [2.75, 3.05) is 13.2 Å². The van der Waals surface area contributed by atoms with Gasteiger partial charge in [-0.2, -0.15) is 0 Å². The topological polar surface area (TPSA) is 23.4 Å². The molecule has 0 aliphatic heterocycles. The number of hydrogen-bond acceptors (Lipinski definition) is 2. The molecule has 6 aliphatic carbocycles. The van der Waals surface area contributed by atoms with E-state index in [2.05, 4.69) is 395 Å². The van der Waals surface area contributed by atoms with Gasteiger partial charge in [-0.3, -0.25) is 0 Å². The van der Waals surface area contributed by atoms with Crippen molar-refractivity contribution in [3.63, 3.8) is 0 Å². The van der Waals surface area contributed by atoms with Gasteiger partial charge in [0.25, 0.3) is 0 Å². The minimum atomic E-state index is -0.415. The molecule has 0 bridgehead atoms. The van der Waals surface area contributed by atoms with Crippen LogP contribution in [0.1, 0.15) is 384 Å². The molecule has 3 heteroatoms. The SMILES string of the molecule is CC(C)c1ccc(-n2c(-c3ccc(OCCCCCCC(c4ccc(-c5ccc(C6CCCCC6)cc5)cc4)(c4ccc(-c5ccc(C6CCCCC6)cc5)cc4)c4ccc(-c5ccc(C6CCCCC6)cc5)cc4)cc3)ccc2-c2ccc(OCCCCCCC(c3ccc(-c4ccc(C5CCCCC5)cc4)cc3)(c3ccc(-c4ccc(C5CCCCC5)cc4)cc3)c3ccc(-c4ccc(C5CCCCC5)cc4)cc3)cc2)cc1. The highest BCUT2D eigenvalue weighted by Crippen LogP contribution is 2.51. The minimum absolute atomic E-state index is 0.415. The Labute approximate surface area is 898 Å². The van der Waals surface area contributed by atoms with E-state index in [1.54, 1.807) is 0 Å². The van der Waals surface area contributed by atoms with Crippen LogP contribution in [0.25, 0.3) is 95.0 Å². The van der Waals surface area contributed by atoms with Gasteiger partial charge >= 0.3 is 0 Å². The lowest BCUT2D eigenvalue weighted by atomic mass is 9.66. The van der Waals surface area contributed by atoms with Gasteiger partial charge in [-0.15, -0.1) is 0 Å². The molecule has 15 aromatic carbocycles. The first-order valence-electron chi connectivity index (χ1n) is 59.2. The second kappa shape index (κ2) is 49.1. The van der Waals surface area contributed by atoms with Crippen LogP contribution >= 0.6 is 0 Å². The Hall–Kier alpha value is -12.8. The van der Waals surface area contributed by atoms with Gasteiger partial charge in [0.15, 0.2) is 0 Å². The number of hydrogen-bond donors (Lipinski definition) is 0. The van der Waals surface area contributed by atoms with Crippen molar-refractivity contribution < 1.29 is 9.47 Å². The quantitative estimate of drug-likeness (QED) is 0.0284. The normalized spacial score (nSPS) is 16.2. The van der Waals surface area contributed by atoms with Crippen LogP contribution in [0.15, 0.2) is 376 Å². The zero-order valence-corrected chi connectivity index (χ0v) is 89.8. The van der Waals surface area contributed by atoms with E-state index in [-0.39, 0.29) is 0 Å². The maximum atomic E-state index is 6.72. The fourth-order valence-corrected chi connectivity index (χ4v) is 27.5. The number of unbranched alkanes of at least 4 members (excludes halogenated alkanes) is 6. The molecule has 0 radical (unpaired) electrons. The Bertz CT molecular complexity index is 5990. The first-order valence-corrected chi connectivity index (χ1v) is 59.2. The van der Waals surface area contributed by atoms with Crippen molar-refractivity contribution in [3.8, 4) is 106 Å². The summed E-state index contributed by atoms with van der Waals surface area (Å²) in [7, 11) is 0. The molecule has 0 saturated heterocycles. The highest BCUT2D eigenvalue weighted by Gasteiger charge is 2.39. The Morgan fingerprint density at radius 1 is 0.193 bits per heavy atom. The molecule has 6 aliphatic rings. The van der Waals surface area contributed by atoms with Crippen molar-refractivity contribution in [2.45, 2.75) is 323 Å². The smallest absolute Gasteiger partial charge is 0.119 e. The molecule has 16 aromatic rings. The van der Waals surface area contributed by atoms with Crippen LogP contribution in [-0.4, -0.2) is 17.8 Å². The standard InChI is InChI=1S/C147H159NO2/c1-107(2)108-77-95-141(96-78-108)148-144(133-79-97-142(98-80-133)149-105-27-5-3-25-103-146(135-83-65-127(66-84-135)121-53-41-115(42-54-121)109-29-13-7-14-30-109,136-85-67-128(68-86-136)122-55-43-116(44-56-122)110-31-15-8-16-32-110)137-87-69-129(70-88-137)123-57-45-117(46-58-123)111-33-17-9-18-34-111)101-102-145(148)134-81-99-143(100-82-134)150-106-28-6-4-26-104-147(138-89-71-130(72-90-138)124-59-47-118(48-60-124)112-35-19-10-20-36-112,139-91-73-131(74-92-139)125-61-49-119(50-62-125)113-37-21-11-22-38-113)140-93-75-132(76-94-140)126-63-51-120(52-64-126)114-39-23-12-24-40-114/h41-102,107,109-114H,3-40,103-106H2,1-2H3. The molecule has 1 heterocycles. The first kappa shape index (κ1) is 102. The van der Waals surface area contributed by atoms with Gasteiger partial charge in [0.05, 0.1) is 24.6 Å². The Balaban J connectivity index is 0.478. The summed E-state index contributed by atoms with van der Waals surface area (Å²) in [6, 6.07) is 148. The van der Waals surface area contributed by atoms with Crippen LogP contribution in [0.5, 0.6) is 11.5 Å². The molecule has 1 aromatic heterocycles. The van der Waals surface area contributed by atoms with Crippen molar-refractivity contribution in [3.05, 3.63) is 448 Å². The summed E-state index contributed by atoms with van der Waals surface area (Å²) in [4.78, 5) is 0. The molecule has 764 valence electrons. The second-order valence-electron chi connectivity index (χ2n) is 46.3. The van der Waals surface area contributed by atoms with Crippen LogP contribution in [0.2, 0.25) is 0 Å². The average Bonchev–Trinajstić information content (AvgIpc) is 0.924. The molecule has 22 rings (SSSR count). The van der Waals surface area contributed by atoms with Crippen LogP contribution in [0.3, 0.4) is 0 Å². The van der Waals surface area contributed by atoms with Crippen LogP contribution in [-0.2, 0) is 10.8 Å². The second-order valence-corrected chi connectivity index (χ2v) is 46.3. The summed E-state index contributed by atoms with van der Waals surface area (Å²) in [6.45, 7) is 5.88. The largest absolute Gasteiger partial charge is 0.494 e.